The van der Waals surface area contributed by atoms with Crippen LogP contribution in [-0.4, -0.2) is 61.8 Å². The maximum atomic E-state index is 13.0. The number of piperidine rings is 1. The Morgan fingerprint density at radius 3 is 2.72 bits per heavy atom. The summed E-state index contributed by atoms with van der Waals surface area (Å²) in [5.74, 6) is 2.45. The number of rotatable bonds is 6. The van der Waals surface area contributed by atoms with Crippen LogP contribution in [0.1, 0.15) is 31.2 Å². The smallest absolute Gasteiger partial charge is 0.225 e. The molecule has 0 aromatic carbocycles. The summed E-state index contributed by atoms with van der Waals surface area (Å²) in [6, 6.07) is 5.87. The fourth-order valence-electron chi connectivity index (χ4n) is 4.47. The van der Waals surface area contributed by atoms with Crippen molar-refractivity contribution in [2.45, 2.75) is 32.2 Å². The molecule has 166 valence electrons. The van der Waals surface area contributed by atoms with Crippen LogP contribution in [0, 0.1) is 5.92 Å². The first-order chi connectivity index (χ1) is 15.8. The third-order valence-corrected chi connectivity index (χ3v) is 6.13. The molecule has 1 unspecified atom stereocenters. The number of aromatic nitrogens is 6. The van der Waals surface area contributed by atoms with E-state index in [4.69, 9.17) is 0 Å². The molecule has 0 radical (unpaired) electrons. The van der Waals surface area contributed by atoms with E-state index in [1.54, 1.807) is 11.0 Å². The van der Waals surface area contributed by atoms with Crippen LogP contribution < -0.4 is 15.1 Å². The van der Waals surface area contributed by atoms with E-state index >= 15 is 0 Å². The van der Waals surface area contributed by atoms with Crippen LogP contribution in [0.5, 0.6) is 0 Å². The maximum Gasteiger partial charge on any atom is 0.225 e. The van der Waals surface area contributed by atoms with Crippen molar-refractivity contribution < 1.29 is 4.79 Å². The third-order valence-electron chi connectivity index (χ3n) is 6.13. The SMILES string of the molecule is O=C(NCc1cccnc1N1CCCC1)C1CCCN(c2cc(-n3cncn3)ncn2)C1. The van der Waals surface area contributed by atoms with Gasteiger partial charge in [-0.25, -0.2) is 24.6 Å². The molecule has 2 fully saturated rings. The summed E-state index contributed by atoms with van der Waals surface area (Å²) in [7, 11) is 0. The second-order valence-corrected chi connectivity index (χ2v) is 8.26. The van der Waals surface area contributed by atoms with Crippen LogP contribution in [0.2, 0.25) is 0 Å². The van der Waals surface area contributed by atoms with E-state index in [0.717, 1.165) is 49.7 Å². The Morgan fingerprint density at radius 2 is 1.88 bits per heavy atom. The highest BCUT2D eigenvalue weighted by molar-refractivity contribution is 5.79. The van der Waals surface area contributed by atoms with Crippen molar-refractivity contribution in [3.05, 3.63) is 48.9 Å². The lowest BCUT2D eigenvalue weighted by Crippen LogP contribution is -2.43. The van der Waals surface area contributed by atoms with Crippen molar-refractivity contribution in [1.29, 1.82) is 0 Å². The topological polar surface area (TPSA) is 105 Å². The minimum Gasteiger partial charge on any atom is -0.356 e. The molecule has 2 saturated heterocycles. The first kappa shape index (κ1) is 20.3. The van der Waals surface area contributed by atoms with Gasteiger partial charge in [0.15, 0.2) is 5.82 Å². The summed E-state index contributed by atoms with van der Waals surface area (Å²) in [6.45, 7) is 4.06. The average Bonchev–Trinajstić information content (AvgIpc) is 3.58. The highest BCUT2D eigenvalue weighted by atomic mass is 16.1. The summed E-state index contributed by atoms with van der Waals surface area (Å²) < 4.78 is 1.60. The van der Waals surface area contributed by atoms with Crippen LogP contribution in [-0.2, 0) is 11.3 Å². The predicted octanol–water partition coefficient (Wildman–Crippen LogP) is 1.59. The lowest BCUT2D eigenvalue weighted by atomic mass is 9.97. The Bertz CT molecular complexity index is 1050. The zero-order chi connectivity index (χ0) is 21.8. The molecule has 2 aliphatic rings. The molecule has 3 aromatic rings. The van der Waals surface area contributed by atoms with Crippen LogP contribution in [0.4, 0.5) is 11.6 Å². The van der Waals surface area contributed by atoms with E-state index < -0.39 is 0 Å². The molecule has 2 aliphatic heterocycles. The molecule has 32 heavy (non-hydrogen) atoms. The number of hydrogen-bond acceptors (Lipinski definition) is 8. The van der Waals surface area contributed by atoms with Gasteiger partial charge >= 0.3 is 0 Å². The molecule has 5 rings (SSSR count). The van der Waals surface area contributed by atoms with Gasteiger partial charge in [0.05, 0.1) is 5.92 Å². The Morgan fingerprint density at radius 1 is 1.03 bits per heavy atom. The van der Waals surface area contributed by atoms with Crippen molar-refractivity contribution in [3.8, 4) is 5.82 Å². The van der Waals surface area contributed by atoms with Gasteiger partial charge < -0.3 is 15.1 Å². The molecule has 0 saturated carbocycles. The van der Waals surface area contributed by atoms with E-state index in [-0.39, 0.29) is 11.8 Å². The van der Waals surface area contributed by atoms with Gasteiger partial charge in [-0.3, -0.25) is 4.79 Å². The van der Waals surface area contributed by atoms with Gasteiger partial charge in [0.1, 0.15) is 30.6 Å². The number of amides is 1. The lowest BCUT2D eigenvalue weighted by molar-refractivity contribution is -0.125. The standard InChI is InChI=1S/C22H27N9O/c32-22(25-12-17-5-3-7-24-21(17)29-8-1-2-9-29)18-6-4-10-30(13-18)19-11-20(27-15-26-19)31-16-23-14-28-31/h3,5,7,11,14-16,18H,1-2,4,6,8-10,12-13H2,(H,25,32). The molecule has 5 heterocycles. The van der Waals surface area contributed by atoms with Gasteiger partial charge in [-0.15, -0.1) is 0 Å². The van der Waals surface area contributed by atoms with Crippen molar-refractivity contribution >= 4 is 17.5 Å². The maximum absolute atomic E-state index is 13.0. The number of hydrogen-bond donors (Lipinski definition) is 1. The molecule has 1 amide bonds. The van der Waals surface area contributed by atoms with Gasteiger partial charge in [-0.2, -0.15) is 5.10 Å². The number of carbonyl (C=O) groups excluding carboxylic acids is 1. The summed E-state index contributed by atoms with van der Waals surface area (Å²) in [5.41, 5.74) is 1.07. The van der Waals surface area contributed by atoms with E-state index in [1.807, 2.05) is 18.3 Å². The highest BCUT2D eigenvalue weighted by Crippen LogP contribution is 2.24. The normalized spacial score (nSPS) is 18.7. The first-order valence-corrected chi connectivity index (χ1v) is 11.2. The van der Waals surface area contributed by atoms with E-state index in [0.29, 0.717) is 18.9 Å². The Balaban J connectivity index is 1.23. The van der Waals surface area contributed by atoms with Crippen molar-refractivity contribution in [2.75, 3.05) is 36.0 Å². The van der Waals surface area contributed by atoms with Crippen LogP contribution in [0.3, 0.4) is 0 Å². The molecule has 0 bridgehead atoms. The molecule has 1 atom stereocenters. The number of anilines is 2. The number of nitrogens with one attached hydrogen (secondary N) is 1. The number of pyridine rings is 1. The molecule has 3 aromatic heterocycles. The molecular weight excluding hydrogens is 406 g/mol. The fourth-order valence-corrected chi connectivity index (χ4v) is 4.47. The molecule has 10 nitrogen and oxygen atoms in total. The Hall–Kier alpha value is -3.56. The second kappa shape index (κ2) is 9.29. The molecule has 0 spiro atoms. The lowest BCUT2D eigenvalue weighted by Gasteiger charge is -2.33. The first-order valence-electron chi connectivity index (χ1n) is 11.2. The zero-order valence-electron chi connectivity index (χ0n) is 18.0. The predicted molar refractivity (Wildman–Crippen MR) is 119 cm³/mol. The minimum absolute atomic E-state index is 0.0801. The minimum atomic E-state index is -0.0829. The molecule has 1 N–H and O–H groups in total. The van der Waals surface area contributed by atoms with Crippen LogP contribution in [0.15, 0.2) is 43.4 Å². The van der Waals surface area contributed by atoms with Crippen molar-refractivity contribution in [3.63, 3.8) is 0 Å². The summed E-state index contributed by atoms with van der Waals surface area (Å²) >= 11 is 0. The Labute approximate surface area is 186 Å². The average molecular weight is 434 g/mol. The highest BCUT2D eigenvalue weighted by Gasteiger charge is 2.27. The number of carbonyl (C=O) groups is 1. The van der Waals surface area contributed by atoms with E-state index in [1.165, 1.54) is 25.5 Å². The van der Waals surface area contributed by atoms with Crippen molar-refractivity contribution in [1.82, 2.24) is 35.0 Å². The van der Waals surface area contributed by atoms with Crippen LogP contribution in [0.25, 0.3) is 5.82 Å². The summed E-state index contributed by atoms with van der Waals surface area (Å²) in [6.07, 6.45) is 10.6. The van der Waals surface area contributed by atoms with Crippen LogP contribution >= 0.6 is 0 Å². The fraction of sp³-hybridized carbons (Fsp3) is 0.455. The Kier molecular flexibility index (Phi) is 5.91. The van der Waals surface area contributed by atoms with Gasteiger partial charge in [-0.1, -0.05) is 6.07 Å². The third kappa shape index (κ3) is 4.39. The van der Waals surface area contributed by atoms with Gasteiger partial charge in [0.2, 0.25) is 5.91 Å². The van der Waals surface area contributed by atoms with Gasteiger partial charge in [0.25, 0.3) is 0 Å². The second-order valence-electron chi connectivity index (χ2n) is 8.26. The van der Waals surface area contributed by atoms with E-state index in [9.17, 15) is 4.79 Å². The number of nitrogens with zero attached hydrogens (tertiary/aromatic N) is 8. The molecule has 10 heteroatoms. The summed E-state index contributed by atoms with van der Waals surface area (Å²) in [5, 5.41) is 7.28. The van der Waals surface area contributed by atoms with Gasteiger partial charge in [0, 0.05) is 50.6 Å². The molecular formula is C22H27N9O. The molecule has 0 aliphatic carbocycles. The van der Waals surface area contributed by atoms with Gasteiger partial charge in [-0.05, 0) is 31.7 Å². The summed E-state index contributed by atoms with van der Waals surface area (Å²) in [4.78, 5) is 34.7. The monoisotopic (exact) mass is 433 g/mol. The van der Waals surface area contributed by atoms with E-state index in [2.05, 4.69) is 46.2 Å². The largest absolute Gasteiger partial charge is 0.356 e. The zero-order valence-corrected chi connectivity index (χ0v) is 18.0. The quantitative estimate of drug-likeness (QED) is 0.625. The van der Waals surface area contributed by atoms with Crippen molar-refractivity contribution in [2.24, 2.45) is 5.92 Å².